The van der Waals surface area contributed by atoms with Crippen molar-refractivity contribution in [2.45, 2.75) is 32.1 Å². The van der Waals surface area contributed by atoms with E-state index in [2.05, 4.69) is 0 Å². The van der Waals surface area contributed by atoms with Gasteiger partial charge in [-0.15, -0.1) is 0 Å². The number of nitro benzene ring substituents is 1. The lowest BCUT2D eigenvalue weighted by Crippen LogP contribution is -2.32. The van der Waals surface area contributed by atoms with Crippen LogP contribution in [-0.2, 0) is 10.0 Å². The van der Waals surface area contributed by atoms with Crippen LogP contribution in [0.1, 0.15) is 24.5 Å². The number of aliphatic hydroxyl groups excluding tert-OH is 1. The lowest BCUT2D eigenvalue weighted by Gasteiger charge is -2.20. The first-order chi connectivity index (χ1) is 9.75. The van der Waals surface area contributed by atoms with E-state index in [1.807, 2.05) is 0 Å². The van der Waals surface area contributed by atoms with Crippen molar-refractivity contribution in [3.8, 4) is 0 Å². The van der Waals surface area contributed by atoms with Gasteiger partial charge in [0.25, 0.3) is 5.69 Å². The third-order valence-corrected chi connectivity index (χ3v) is 5.32. The van der Waals surface area contributed by atoms with Gasteiger partial charge in [-0.2, -0.15) is 4.31 Å². The number of aryl methyl sites for hydroxylation is 1. The van der Waals surface area contributed by atoms with Gasteiger partial charge in [0.2, 0.25) is 10.0 Å². The standard InChI is InChI=1S/C13H20N2O5S/c1-4-14(6-5-7-16)21(19,20)12-8-10(2)11(3)13(9-12)15(17)18/h8-9,16H,4-7H2,1-3H3. The summed E-state index contributed by atoms with van der Waals surface area (Å²) in [5.41, 5.74) is 0.810. The summed E-state index contributed by atoms with van der Waals surface area (Å²) >= 11 is 0. The number of hydrogen-bond acceptors (Lipinski definition) is 5. The predicted molar refractivity (Wildman–Crippen MR) is 78.7 cm³/mol. The zero-order valence-corrected chi connectivity index (χ0v) is 13.2. The first kappa shape index (κ1) is 17.5. The largest absolute Gasteiger partial charge is 0.396 e. The quantitative estimate of drug-likeness (QED) is 0.608. The van der Waals surface area contributed by atoms with Crippen LogP contribution in [0.5, 0.6) is 0 Å². The van der Waals surface area contributed by atoms with Crippen LogP contribution in [-0.4, -0.2) is 42.4 Å². The molecular weight excluding hydrogens is 296 g/mol. The van der Waals surface area contributed by atoms with Crippen LogP contribution in [0, 0.1) is 24.0 Å². The van der Waals surface area contributed by atoms with E-state index in [4.69, 9.17) is 5.11 Å². The molecule has 0 aliphatic heterocycles. The molecule has 8 heteroatoms. The van der Waals surface area contributed by atoms with Crippen molar-refractivity contribution in [1.29, 1.82) is 0 Å². The Morgan fingerprint density at radius 3 is 2.43 bits per heavy atom. The number of nitrogens with zero attached hydrogens (tertiary/aromatic N) is 2. The average Bonchev–Trinajstić information content (AvgIpc) is 2.41. The van der Waals surface area contributed by atoms with Crippen LogP contribution in [0.3, 0.4) is 0 Å². The molecule has 21 heavy (non-hydrogen) atoms. The molecule has 0 bridgehead atoms. The van der Waals surface area contributed by atoms with Crippen molar-refractivity contribution in [1.82, 2.24) is 4.31 Å². The minimum absolute atomic E-state index is 0.0860. The van der Waals surface area contributed by atoms with E-state index in [1.54, 1.807) is 20.8 Å². The van der Waals surface area contributed by atoms with Crippen molar-refractivity contribution in [2.24, 2.45) is 0 Å². The van der Waals surface area contributed by atoms with E-state index >= 15 is 0 Å². The second-order valence-electron chi connectivity index (χ2n) is 4.72. The SMILES string of the molecule is CCN(CCCO)S(=O)(=O)c1cc(C)c(C)c([N+](=O)[O-])c1. The normalized spacial score (nSPS) is 11.9. The smallest absolute Gasteiger partial charge is 0.273 e. The molecule has 1 aromatic carbocycles. The van der Waals surface area contributed by atoms with Gasteiger partial charge < -0.3 is 5.11 Å². The fourth-order valence-corrected chi connectivity index (χ4v) is 3.59. The molecule has 118 valence electrons. The second kappa shape index (κ2) is 6.97. The van der Waals surface area contributed by atoms with Gasteiger partial charge in [0.05, 0.1) is 9.82 Å². The Morgan fingerprint density at radius 1 is 1.33 bits per heavy atom. The minimum atomic E-state index is -3.80. The van der Waals surface area contributed by atoms with Crippen LogP contribution in [0.4, 0.5) is 5.69 Å². The van der Waals surface area contributed by atoms with E-state index in [-0.39, 0.29) is 30.3 Å². The summed E-state index contributed by atoms with van der Waals surface area (Å²) in [7, 11) is -3.80. The van der Waals surface area contributed by atoms with Gasteiger partial charge >= 0.3 is 0 Å². The summed E-state index contributed by atoms with van der Waals surface area (Å²) in [4.78, 5) is 10.4. The van der Waals surface area contributed by atoms with Crippen molar-refractivity contribution < 1.29 is 18.4 Å². The lowest BCUT2D eigenvalue weighted by molar-refractivity contribution is -0.385. The average molecular weight is 316 g/mol. The van der Waals surface area contributed by atoms with Gasteiger partial charge in [0, 0.05) is 31.3 Å². The minimum Gasteiger partial charge on any atom is -0.396 e. The van der Waals surface area contributed by atoms with Gasteiger partial charge in [-0.05, 0) is 31.9 Å². The first-order valence-corrected chi connectivity index (χ1v) is 8.06. The Labute approximate surface area is 124 Å². The Bertz CT molecular complexity index is 628. The van der Waals surface area contributed by atoms with Crippen LogP contribution in [0.2, 0.25) is 0 Å². The topological polar surface area (TPSA) is 101 Å². The van der Waals surface area contributed by atoms with Crippen LogP contribution in [0.25, 0.3) is 0 Å². The zero-order chi connectivity index (χ0) is 16.2. The summed E-state index contributed by atoms with van der Waals surface area (Å²) in [5, 5.41) is 19.9. The molecule has 0 heterocycles. The summed E-state index contributed by atoms with van der Waals surface area (Å²) in [6.07, 6.45) is 0.319. The lowest BCUT2D eigenvalue weighted by atomic mass is 10.1. The summed E-state index contributed by atoms with van der Waals surface area (Å²) < 4.78 is 26.3. The summed E-state index contributed by atoms with van der Waals surface area (Å²) in [5.74, 6) is 0. The molecule has 7 nitrogen and oxygen atoms in total. The number of sulfonamides is 1. The molecule has 0 amide bonds. The molecule has 0 spiro atoms. The highest BCUT2D eigenvalue weighted by molar-refractivity contribution is 7.89. The molecule has 0 aliphatic carbocycles. The van der Waals surface area contributed by atoms with Gasteiger partial charge in [0.15, 0.2) is 0 Å². The van der Waals surface area contributed by atoms with Crippen LogP contribution < -0.4 is 0 Å². The molecule has 0 aromatic heterocycles. The second-order valence-corrected chi connectivity index (χ2v) is 6.65. The molecule has 1 N–H and O–H groups in total. The van der Waals surface area contributed by atoms with Gasteiger partial charge in [0.1, 0.15) is 0 Å². The Morgan fingerprint density at radius 2 is 1.95 bits per heavy atom. The summed E-state index contributed by atoms with van der Waals surface area (Å²) in [6, 6.07) is 2.54. The monoisotopic (exact) mass is 316 g/mol. The highest BCUT2D eigenvalue weighted by Gasteiger charge is 2.26. The number of aliphatic hydroxyl groups is 1. The molecule has 0 radical (unpaired) electrons. The molecule has 0 unspecified atom stereocenters. The van der Waals surface area contributed by atoms with Crippen molar-refractivity contribution in [2.75, 3.05) is 19.7 Å². The molecule has 0 aliphatic rings. The van der Waals surface area contributed by atoms with E-state index in [0.29, 0.717) is 17.5 Å². The molecule has 1 aromatic rings. The van der Waals surface area contributed by atoms with Crippen molar-refractivity contribution >= 4 is 15.7 Å². The predicted octanol–water partition coefficient (Wildman–Crippen LogP) is 1.60. The maximum Gasteiger partial charge on any atom is 0.273 e. The van der Waals surface area contributed by atoms with Gasteiger partial charge in [-0.1, -0.05) is 6.92 Å². The Hall–Kier alpha value is -1.51. The highest BCUT2D eigenvalue weighted by atomic mass is 32.2. The van der Waals surface area contributed by atoms with Crippen LogP contribution in [0.15, 0.2) is 17.0 Å². The van der Waals surface area contributed by atoms with E-state index in [0.717, 1.165) is 6.07 Å². The maximum absolute atomic E-state index is 12.5. The van der Waals surface area contributed by atoms with Crippen LogP contribution >= 0.6 is 0 Å². The fourth-order valence-electron chi connectivity index (χ4n) is 1.99. The zero-order valence-electron chi connectivity index (χ0n) is 12.4. The number of nitro groups is 1. The van der Waals surface area contributed by atoms with Gasteiger partial charge in [-0.3, -0.25) is 10.1 Å². The molecule has 0 saturated carbocycles. The number of benzene rings is 1. The third-order valence-electron chi connectivity index (χ3n) is 3.37. The van der Waals surface area contributed by atoms with E-state index < -0.39 is 14.9 Å². The molecular formula is C13H20N2O5S. The summed E-state index contributed by atoms with van der Waals surface area (Å²) in [6.45, 7) is 5.22. The fraction of sp³-hybridized carbons (Fsp3) is 0.538. The van der Waals surface area contributed by atoms with Gasteiger partial charge in [-0.25, -0.2) is 8.42 Å². The third kappa shape index (κ3) is 3.78. The maximum atomic E-state index is 12.5. The molecule has 0 atom stereocenters. The Kier molecular flexibility index (Phi) is 5.82. The van der Waals surface area contributed by atoms with Crippen molar-refractivity contribution in [3.05, 3.63) is 33.4 Å². The van der Waals surface area contributed by atoms with Crippen molar-refractivity contribution in [3.63, 3.8) is 0 Å². The number of hydrogen-bond donors (Lipinski definition) is 1. The van der Waals surface area contributed by atoms with E-state index in [1.165, 1.54) is 10.4 Å². The highest BCUT2D eigenvalue weighted by Crippen LogP contribution is 2.27. The molecule has 0 fully saturated rings. The molecule has 1 rings (SSSR count). The first-order valence-electron chi connectivity index (χ1n) is 6.62. The number of rotatable bonds is 7. The Balaban J connectivity index is 3.34. The molecule has 0 saturated heterocycles. The van der Waals surface area contributed by atoms with E-state index in [9.17, 15) is 18.5 Å².